The molecule has 2 amide bonds. The first-order chi connectivity index (χ1) is 11.5. The quantitative estimate of drug-likeness (QED) is 0.885. The summed E-state index contributed by atoms with van der Waals surface area (Å²) in [5.41, 5.74) is 7.13. The van der Waals surface area contributed by atoms with Crippen LogP contribution in [0, 0.1) is 11.7 Å². The number of carbonyl (C=O) groups excluding carboxylic acids is 2. The zero-order valence-electron chi connectivity index (χ0n) is 13.4. The SMILES string of the molecule is CC[C@H]1CCc2c(sc(NC(=O)c3cccc(F)c3)c2C(N)=O)C1. The van der Waals surface area contributed by atoms with Gasteiger partial charge in [0.15, 0.2) is 0 Å². The molecule has 24 heavy (non-hydrogen) atoms. The van der Waals surface area contributed by atoms with Crippen LogP contribution in [0.4, 0.5) is 9.39 Å². The molecule has 0 bridgehead atoms. The van der Waals surface area contributed by atoms with Gasteiger partial charge in [0.25, 0.3) is 11.8 Å². The summed E-state index contributed by atoms with van der Waals surface area (Å²) in [6, 6.07) is 5.45. The molecule has 0 radical (unpaired) electrons. The molecule has 0 saturated heterocycles. The number of amides is 2. The van der Waals surface area contributed by atoms with Crippen molar-refractivity contribution in [2.24, 2.45) is 11.7 Å². The largest absolute Gasteiger partial charge is 0.365 e. The Morgan fingerprint density at radius 2 is 2.21 bits per heavy atom. The minimum Gasteiger partial charge on any atom is -0.365 e. The Labute approximate surface area is 143 Å². The van der Waals surface area contributed by atoms with Crippen LogP contribution in [0.15, 0.2) is 24.3 Å². The van der Waals surface area contributed by atoms with Gasteiger partial charge < -0.3 is 11.1 Å². The Hall–Kier alpha value is -2.21. The molecule has 1 aromatic heterocycles. The number of hydrogen-bond donors (Lipinski definition) is 2. The smallest absolute Gasteiger partial charge is 0.256 e. The number of anilines is 1. The molecule has 126 valence electrons. The van der Waals surface area contributed by atoms with E-state index in [0.717, 1.165) is 36.1 Å². The number of hydrogen-bond acceptors (Lipinski definition) is 3. The van der Waals surface area contributed by atoms with E-state index in [0.29, 0.717) is 16.5 Å². The number of halogens is 1. The predicted octanol–water partition coefficient (Wildman–Crippen LogP) is 3.75. The second-order valence-electron chi connectivity index (χ2n) is 6.05. The molecule has 0 fully saturated rings. The summed E-state index contributed by atoms with van der Waals surface area (Å²) in [5.74, 6) is -0.850. The van der Waals surface area contributed by atoms with Crippen molar-refractivity contribution in [3.8, 4) is 0 Å². The Morgan fingerprint density at radius 3 is 2.88 bits per heavy atom. The van der Waals surface area contributed by atoms with Crippen molar-refractivity contribution in [2.75, 3.05) is 5.32 Å². The summed E-state index contributed by atoms with van der Waals surface area (Å²) >= 11 is 1.41. The van der Waals surface area contributed by atoms with Crippen molar-refractivity contribution in [3.63, 3.8) is 0 Å². The van der Waals surface area contributed by atoms with Gasteiger partial charge in [-0.1, -0.05) is 19.4 Å². The average Bonchev–Trinajstić information content (AvgIpc) is 2.91. The van der Waals surface area contributed by atoms with E-state index in [4.69, 9.17) is 5.73 Å². The molecular formula is C18H19FN2O2S. The lowest BCUT2D eigenvalue weighted by atomic mass is 9.85. The number of fused-ring (bicyclic) bond motifs is 1. The zero-order valence-corrected chi connectivity index (χ0v) is 14.2. The molecular weight excluding hydrogens is 327 g/mol. The summed E-state index contributed by atoms with van der Waals surface area (Å²) in [6.07, 6.45) is 3.83. The van der Waals surface area contributed by atoms with Crippen LogP contribution in [-0.4, -0.2) is 11.8 Å². The zero-order chi connectivity index (χ0) is 17.3. The highest BCUT2D eigenvalue weighted by Gasteiger charge is 2.28. The molecule has 1 aliphatic rings. The van der Waals surface area contributed by atoms with Gasteiger partial charge in [0.05, 0.1) is 5.56 Å². The van der Waals surface area contributed by atoms with Crippen molar-refractivity contribution >= 4 is 28.2 Å². The van der Waals surface area contributed by atoms with E-state index in [1.165, 1.54) is 35.6 Å². The standard InChI is InChI=1S/C18H19FN2O2S/c1-2-10-6-7-13-14(8-10)24-18(15(13)16(20)22)21-17(23)11-4-3-5-12(19)9-11/h3-5,9-10H,2,6-8H2,1H3,(H2,20,22)(H,21,23)/t10-/m0/s1. The van der Waals surface area contributed by atoms with E-state index in [1.807, 2.05) is 0 Å². The lowest BCUT2D eigenvalue weighted by Gasteiger charge is -2.20. The van der Waals surface area contributed by atoms with E-state index in [-0.39, 0.29) is 5.56 Å². The maximum absolute atomic E-state index is 13.3. The van der Waals surface area contributed by atoms with Crippen LogP contribution in [-0.2, 0) is 12.8 Å². The number of thiophene rings is 1. The first-order valence-electron chi connectivity index (χ1n) is 8.00. The molecule has 4 nitrogen and oxygen atoms in total. The Kier molecular flexibility index (Phi) is 4.66. The van der Waals surface area contributed by atoms with Gasteiger partial charge in [-0.25, -0.2) is 4.39 Å². The fourth-order valence-electron chi connectivity index (χ4n) is 3.16. The Balaban J connectivity index is 1.92. The number of rotatable bonds is 4. The van der Waals surface area contributed by atoms with E-state index in [2.05, 4.69) is 12.2 Å². The summed E-state index contributed by atoms with van der Waals surface area (Å²) in [7, 11) is 0. The lowest BCUT2D eigenvalue weighted by molar-refractivity contribution is 0.1000. The molecule has 1 aliphatic carbocycles. The molecule has 3 N–H and O–H groups in total. The van der Waals surface area contributed by atoms with Gasteiger partial charge in [0.1, 0.15) is 10.8 Å². The number of nitrogens with one attached hydrogen (secondary N) is 1. The molecule has 0 unspecified atom stereocenters. The first-order valence-corrected chi connectivity index (χ1v) is 8.82. The number of nitrogens with two attached hydrogens (primary N) is 1. The van der Waals surface area contributed by atoms with Crippen LogP contribution in [0.3, 0.4) is 0 Å². The second-order valence-corrected chi connectivity index (χ2v) is 7.16. The van der Waals surface area contributed by atoms with Gasteiger partial charge in [-0.3, -0.25) is 9.59 Å². The topological polar surface area (TPSA) is 72.2 Å². The highest BCUT2D eigenvalue weighted by atomic mass is 32.1. The molecule has 1 heterocycles. The molecule has 2 aromatic rings. The van der Waals surface area contributed by atoms with E-state index >= 15 is 0 Å². The third-order valence-electron chi connectivity index (χ3n) is 4.50. The van der Waals surface area contributed by atoms with Gasteiger partial charge >= 0.3 is 0 Å². The summed E-state index contributed by atoms with van der Waals surface area (Å²) in [6.45, 7) is 2.16. The summed E-state index contributed by atoms with van der Waals surface area (Å²) in [5, 5.41) is 3.21. The third kappa shape index (κ3) is 3.19. The lowest BCUT2D eigenvalue weighted by Crippen LogP contribution is -2.19. The maximum atomic E-state index is 13.3. The van der Waals surface area contributed by atoms with Crippen LogP contribution in [0.5, 0.6) is 0 Å². The molecule has 1 aromatic carbocycles. The third-order valence-corrected chi connectivity index (χ3v) is 5.67. The number of primary amides is 1. The van der Waals surface area contributed by atoms with Crippen molar-refractivity contribution < 1.29 is 14.0 Å². The van der Waals surface area contributed by atoms with Crippen LogP contribution < -0.4 is 11.1 Å². The summed E-state index contributed by atoms with van der Waals surface area (Å²) in [4.78, 5) is 25.4. The average molecular weight is 346 g/mol. The van der Waals surface area contributed by atoms with Crippen LogP contribution in [0.1, 0.15) is 50.9 Å². The molecule has 0 spiro atoms. The van der Waals surface area contributed by atoms with E-state index < -0.39 is 17.6 Å². The van der Waals surface area contributed by atoms with Crippen molar-refractivity contribution in [1.82, 2.24) is 0 Å². The highest BCUT2D eigenvalue weighted by Crippen LogP contribution is 2.40. The molecule has 0 aliphatic heterocycles. The van der Waals surface area contributed by atoms with Crippen LogP contribution in [0.2, 0.25) is 0 Å². The Bertz CT molecular complexity index is 800. The number of carbonyl (C=O) groups is 2. The normalized spacial score (nSPS) is 16.5. The number of benzene rings is 1. The predicted molar refractivity (Wildman–Crippen MR) is 93.0 cm³/mol. The fraction of sp³-hybridized carbons (Fsp3) is 0.333. The van der Waals surface area contributed by atoms with Gasteiger partial charge in [-0.2, -0.15) is 0 Å². The van der Waals surface area contributed by atoms with Crippen LogP contribution in [0.25, 0.3) is 0 Å². The summed E-state index contributed by atoms with van der Waals surface area (Å²) < 4.78 is 13.3. The monoisotopic (exact) mass is 346 g/mol. The minimum absolute atomic E-state index is 0.211. The van der Waals surface area contributed by atoms with Gasteiger partial charge in [-0.15, -0.1) is 11.3 Å². The van der Waals surface area contributed by atoms with Gasteiger partial charge in [0, 0.05) is 10.4 Å². The fourth-order valence-corrected chi connectivity index (χ4v) is 4.52. The first kappa shape index (κ1) is 16.6. The van der Waals surface area contributed by atoms with E-state index in [9.17, 15) is 14.0 Å². The second kappa shape index (κ2) is 6.73. The molecule has 6 heteroatoms. The maximum Gasteiger partial charge on any atom is 0.256 e. The van der Waals surface area contributed by atoms with Gasteiger partial charge in [0.2, 0.25) is 0 Å². The highest BCUT2D eigenvalue weighted by molar-refractivity contribution is 7.17. The molecule has 1 atom stereocenters. The van der Waals surface area contributed by atoms with Crippen LogP contribution >= 0.6 is 11.3 Å². The Morgan fingerprint density at radius 1 is 1.42 bits per heavy atom. The van der Waals surface area contributed by atoms with Crippen molar-refractivity contribution in [1.29, 1.82) is 0 Å². The van der Waals surface area contributed by atoms with Crippen molar-refractivity contribution in [2.45, 2.75) is 32.6 Å². The van der Waals surface area contributed by atoms with E-state index in [1.54, 1.807) is 0 Å². The minimum atomic E-state index is -0.531. The molecule has 0 saturated carbocycles. The van der Waals surface area contributed by atoms with Gasteiger partial charge in [-0.05, 0) is 48.9 Å². The van der Waals surface area contributed by atoms with Crippen molar-refractivity contribution in [3.05, 3.63) is 51.7 Å². The molecule has 3 rings (SSSR count).